The van der Waals surface area contributed by atoms with Gasteiger partial charge in [0.05, 0.1) is 16.9 Å². The highest BCUT2D eigenvalue weighted by molar-refractivity contribution is 6.06. The van der Waals surface area contributed by atoms with Gasteiger partial charge in [0.1, 0.15) is 5.58 Å². The number of aromatic nitrogens is 2. The van der Waals surface area contributed by atoms with Gasteiger partial charge >= 0.3 is 0 Å². The zero-order chi connectivity index (χ0) is 17.8. The lowest BCUT2D eigenvalue weighted by Crippen LogP contribution is -1.89. The van der Waals surface area contributed by atoms with Gasteiger partial charge in [-0.25, -0.2) is 9.97 Å². The quantitative estimate of drug-likeness (QED) is 0.326. The number of fused-ring (bicyclic) bond motifs is 6. The summed E-state index contributed by atoms with van der Waals surface area (Å²) in [4.78, 5) is 9.67. The molecule has 0 saturated heterocycles. The van der Waals surface area contributed by atoms with E-state index < -0.39 is 0 Å². The molecule has 6 rings (SSSR count). The second-order valence-electron chi connectivity index (χ2n) is 6.70. The maximum absolute atomic E-state index is 5.93. The minimum Gasteiger partial charge on any atom is -0.438 e. The van der Waals surface area contributed by atoms with Gasteiger partial charge < -0.3 is 4.42 Å². The summed E-state index contributed by atoms with van der Waals surface area (Å²) in [5, 5.41) is 5.59. The van der Waals surface area contributed by atoms with Crippen LogP contribution in [0.1, 0.15) is 0 Å². The Labute approximate surface area is 154 Å². The average molecular weight is 346 g/mol. The average Bonchev–Trinajstić information content (AvgIpc) is 3.11. The van der Waals surface area contributed by atoms with E-state index in [1.165, 1.54) is 5.39 Å². The fourth-order valence-electron chi connectivity index (χ4n) is 3.75. The lowest BCUT2D eigenvalue weighted by Gasteiger charge is -2.06. The normalized spacial score (nSPS) is 11.7. The van der Waals surface area contributed by atoms with Crippen LogP contribution in [0.4, 0.5) is 0 Å². The van der Waals surface area contributed by atoms with Gasteiger partial charge in [-0.15, -0.1) is 0 Å². The summed E-state index contributed by atoms with van der Waals surface area (Å²) in [6.45, 7) is 0. The highest BCUT2D eigenvalue weighted by Gasteiger charge is 2.11. The molecule has 0 radical (unpaired) electrons. The topological polar surface area (TPSA) is 38.9 Å². The predicted molar refractivity (Wildman–Crippen MR) is 110 cm³/mol. The van der Waals surface area contributed by atoms with Crippen LogP contribution < -0.4 is 0 Å². The zero-order valence-corrected chi connectivity index (χ0v) is 14.4. The molecule has 0 spiro atoms. The van der Waals surface area contributed by atoms with Gasteiger partial charge in [-0.2, -0.15) is 0 Å². The zero-order valence-electron chi connectivity index (χ0n) is 14.4. The second kappa shape index (κ2) is 5.39. The van der Waals surface area contributed by atoms with Crippen molar-refractivity contribution in [1.82, 2.24) is 9.97 Å². The Morgan fingerprint density at radius 3 is 2.19 bits per heavy atom. The van der Waals surface area contributed by atoms with E-state index in [9.17, 15) is 0 Å². The van der Waals surface area contributed by atoms with E-state index in [2.05, 4.69) is 54.6 Å². The molecule has 0 aliphatic carbocycles. The first-order chi connectivity index (χ1) is 13.4. The van der Waals surface area contributed by atoms with Gasteiger partial charge in [0.25, 0.3) is 0 Å². The Kier molecular flexibility index (Phi) is 2.88. The molecule has 27 heavy (non-hydrogen) atoms. The third kappa shape index (κ3) is 2.15. The first-order valence-electron chi connectivity index (χ1n) is 8.94. The summed E-state index contributed by atoms with van der Waals surface area (Å²) in [6, 6.07) is 28.8. The van der Waals surface area contributed by atoms with E-state index in [4.69, 9.17) is 14.4 Å². The van der Waals surface area contributed by atoms with Crippen molar-refractivity contribution in [3.8, 4) is 11.4 Å². The van der Waals surface area contributed by atoms with Crippen LogP contribution in [0.15, 0.2) is 89.3 Å². The predicted octanol–water partition coefficient (Wildman–Crippen LogP) is 6.35. The molecule has 6 aromatic rings. The number of hydrogen-bond acceptors (Lipinski definition) is 3. The third-order valence-corrected chi connectivity index (χ3v) is 5.09. The summed E-state index contributed by atoms with van der Waals surface area (Å²) in [7, 11) is 0. The number of nitrogens with zero attached hydrogens (tertiary/aromatic N) is 2. The summed E-state index contributed by atoms with van der Waals surface area (Å²) < 4.78 is 5.93. The molecule has 3 heteroatoms. The van der Waals surface area contributed by atoms with Gasteiger partial charge in [-0.1, -0.05) is 60.7 Å². The van der Waals surface area contributed by atoms with Crippen molar-refractivity contribution in [3.63, 3.8) is 0 Å². The first kappa shape index (κ1) is 14.4. The Balaban J connectivity index is 1.60. The fraction of sp³-hybridized carbons (Fsp3) is 0. The van der Waals surface area contributed by atoms with Gasteiger partial charge in [0.2, 0.25) is 5.71 Å². The molecular formula is C24H14N2O. The Bertz CT molecular complexity index is 1480. The highest BCUT2D eigenvalue weighted by Crippen LogP contribution is 2.30. The molecule has 0 atom stereocenters. The number of hydrogen-bond donors (Lipinski definition) is 0. The van der Waals surface area contributed by atoms with E-state index >= 15 is 0 Å². The van der Waals surface area contributed by atoms with Gasteiger partial charge in [-0.3, -0.25) is 0 Å². The van der Waals surface area contributed by atoms with Gasteiger partial charge in [0, 0.05) is 21.5 Å². The van der Waals surface area contributed by atoms with Crippen LogP contribution in [0.25, 0.3) is 55.1 Å². The third-order valence-electron chi connectivity index (χ3n) is 5.09. The number of para-hydroxylation sites is 1. The molecule has 3 nitrogen and oxygen atoms in total. The molecule has 0 unspecified atom stereocenters. The van der Waals surface area contributed by atoms with Crippen LogP contribution in [0, 0.1) is 0 Å². The minimum atomic E-state index is 0.647. The highest BCUT2D eigenvalue weighted by atomic mass is 16.3. The Hall–Kier alpha value is -3.72. The van der Waals surface area contributed by atoms with E-state index in [0.717, 1.165) is 44.0 Å². The van der Waals surface area contributed by atoms with E-state index in [-0.39, 0.29) is 0 Å². The molecule has 0 aliphatic rings. The van der Waals surface area contributed by atoms with Crippen LogP contribution >= 0.6 is 0 Å². The van der Waals surface area contributed by atoms with E-state index in [0.29, 0.717) is 5.71 Å². The number of rotatable bonds is 1. The lowest BCUT2D eigenvalue weighted by atomic mass is 10.1. The fourth-order valence-corrected chi connectivity index (χ4v) is 3.75. The maximum atomic E-state index is 5.93. The van der Waals surface area contributed by atoms with Crippen molar-refractivity contribution in [2.24, 2.45) is 0 Å². The standard InChI is InChI=1S/C24H14N2O/c1-2-6-17-15(5-1)9-10-16-11-13-20(25-23(16)17)21-14-12-19-18-7-3-4-8-22(18)27-24(19)26-21/h1-14H. The SMILES string of the molecule is c1ccc2c(c1)ccc1ccc(-c3ccc4c(n3)oc3ccccc34)nc12. The minimum absolute atomic E-state index is 0.647. The first-order valence-corrected chi connectivity index (χ1v) is 8.94. The van der Waals surface area contributed by atoms with Crippen LogP contribution in [0.3, 0.4) is 0 Å². The van der Waals surface area contributed by atoms with Crippen LogP contribution in [-0.2, 0) is 0 Å². The van der Waals surface area contributed by atoms with Crippen LogP contribution in [0.2, 0.25) is 0 Å². The summed E-state index contributed by atoms with van der Waals surface area (Å²) in [6.07, 6.45) is 0. The smallest absolute Gasteiger partial charge is 0.227 e. The van der Waals surface area contributed by atoms with Crippen LogP contribution in [-0.4, -0.2) is 9.97 Å². The maximum Gasteiger partial charge on any atom is 0.227 e. The van der Waals surface area contributed by atoms with Crippen molar-refractivity contribution < 1.29 is 4.42 Å². The molecule has 0 aliphatic heterocycles. The summed E-state index contributed by atoms with van der Waals surface area (Å²) >= 11 is 0. The molecule has 126 valence electrons. The molecule has 0 N–H and O–H groups in total. The van der Waals surface area contributed by atoms with Crippen LogP contribution in [0.5, 0.6) is 0 Å². The summed E-state index contributed by atoms with van der Waals surface area (Å²) in [5.74, 6) is 0. The molecular weight excluding hydrogens is 332 g/mol. The Morgan fingerprint density at radius 2 is 1.22 bits per heavy atom. The second-order valence-corrected chi connectivity index (χ2v) is 6.70. The van der Waals surface area contributed by atoms with Crippen molar-refractivity contribution >= 4 is 43.7 Å². The van der Waals surface area contributed by atoms with Gasteiger partial charge in [-0.05, 0) is 29.7 Å². The molecule has 3 aromatic carbocycles. The number of furan rings is 1. The summed E-state index contributed by atoms with van der Waals surface area (Å²) in [5.41, 5.74) is 4.16. The molecule has 0 amide bonds. The molecule has 3 aromatic heterocycles. The molecule has 3 heterocycles. The molecule has 0 fully saturated rings. The van der Waals surface area contributed by atoms with Crippen molar-refractivity contribution in [1.29, 1.82) is 0 Å². The van der Waals surface area contributed by atoms with Gasteiger partial charge in [0.15, 0.2) is 0 Å². The molecule has 0 bridgehead atoms. The van der Waals surface area contributed by atoms with Crippen molar-refractivity contribution in [2.75, 3.05) is 0 Å². The van der Waals surface area contributed by atoms with Crippen molar-refractivity contribution in [2.45, 2.75) is 0 Å². The monoisotopic (exact) mass is 346 g/mol. The Morgan fingerprint density at radius 1 is 0.519 bits per heavy atom. The lowest BCUT2D eigenvalue weighted by molar-refractivity contribution is 0.654. The van der Waals surface area contributed by atoms with E-state index in [1.54, 1.807) is 0 Å². The largest absolute Gasteiger partial charge is 0.438 e. The number of benzene rings is 3. The van der Waals surface area contributed by atoms with Crippen molar-refractivity contribution in [3.05, 3.63) is 84.9 Å². The molecule has 0 saturated carbocycles. The van der Waals surface area contributed by atoms with E-state index in [1.807, 2.05) is 30.3 Å². The number of pyridine rings is 2.